The highest BCUT2D eigenvalue weighted by Gasteiger charge is 2.23. The molecule has 5 nitrogen and oxygen atoms in total. The molecule has 2 heterocycles. The predicted octanol–water partition coefficient (Wildman–Crippen LogP) is 3.77. The maximum absolute atomic E-state index is 12.7. The van der Waals surface area contributed by atoms with Crippen molar-refractivity contribution in [2.75, 3.05) is 18.4 Å². The van der Waals surface area contributed by atoms with Gasteiger partial charge in [-0.15, -0.1) is 0 Å². The number of nitrogens with one attached hydrogen (secondary N) is 1. The maximum Gasteiger partial charge on any atom is 0.274 e. The fraction of sp³-hybridized carbons (Fsp3) is 0.381. The van der Waals surface area contributed by atoms with Crippen LogP contribution in [0.3, 0.4) is 0 Å². The van der Waals surface area contributed by atoms with Crippen LogP contribution in [0, 0.1) is 5.92 Å². The van der Waals surface area contributed by atoms with Crippen LogP contribution in [0.2, 0.25) is 0 Å². The number of benzene rings is 1. The second-order valence-electron chi connectivity index (χ2n) is 6.89. The zero-order valence-corrected chi connectivity index (χ0v) is 15.4. The summed E-state index contributed by atoms with van der Waals surface area (Å²) < 4.78 is 0. The molecule has 1 fully saturated rings. The fourth-order valence-electron chi connectivity index (χ4n) is 3.38. The molecule has 3 rings (SSSR count). The van der Waals surface area contributed by atoms with Crippen molar-refractivity contribution < 1.29 is 9.59 Å². The smallest absolute Gasteiger partial charge is 0.274 e. The lowest BCUT2D eigenvalue weighted by atomic mass is 9.99. The molecule has 1 aromatic carbocycles. The minimum Gasteiger partial charge on any atom is -0.338 e. The molecule has 1 saturated heterocycles. The first-order chi connectivity index (χ1) is 12.6. The van der Waals surface area contributed by atoms with E-state index in [0.717, 1.165) is 43.6 Å². The van der Waals surface area contributed by atoms with Crippen molar-refractivity contribution in [2.24, 2.45) is 5.92 Å². The number of nitrogens with zero attached hydrogens (tertiary/aromatic N) is 2. The van der Waals surface area contributed by atoms with E-state index in [1.54, 1.807) is 12.1 Å². The molecule has 1 aliphatic rings. The first kappa shape index (κ1) is 18.1. The second kappa shape index (κ2) is 8.13. The first-order valence-electron chi connectivity index (χ1n) is 9.23. The Morgan fingerprint density at radius 1 is 1.27 bits per heavy atom. The van der Waals surface area contributed by atoms with Crippen LogP contribution in [-0.2, 0) is 6.42 Å². The van der Waals surface area contributed by atoms with E-state index in [-0.39, 0.29) is 17.5 Å². The third-order valence-electron chi connectivity index (χ3n) is 4.83. The SMILES string of the molecule is CCc1ccccc1NC(=O)c1cc(C(=O)N2CCCC(C)C2)ccn1. The molecule has 5 heteroatoms. The number of rotatable bonds is 4. The van der Waals surface area contributed by atoms with Gasteiger partial charge in [-0.2, -0.15) is 0 Å². The van der Waals surface area contributed by atoms with E-state index in [2.05, 4.69) is 17.2 Å². The maximum atomic E-state index is 12.7. The number of hydrogen-bond donors (Lipinski definition) is 1. The number of para-hydroxylation sites is 1. The van der Waals surface area contributed by atoms with Crippen molar-refractivity contribution in [1.29, 1.82) is 0 Å². The summed E-state index contributed by atoms with van der Waals surface area (Å²) in [5.41, 5.74) is 2.62. The predicted molar refractivity (Wildman–Crippen MR) is 102 cm³/mol. The Bertz CT molecular complexity index is 803. The van der Waals surface area contributed by atoms with Crippen molar-refractivity contribution in [3.63, 3.8) is 0 Å². The molecule has 1 atom stereocenters. The average molecular weight is 351 g/mol. The van der Waals surface area contributed by atoms with Crippen molar-refractivity contribution in [3.05, 3.63) is 59.4 Å². The first-order valence-corrected chi connectivity index (χ1v) is 9.23. The fourth-order valence-corrected chi connectivity index (χ4v) is 3.38. The van der Waals surface area contributed by atoms with Crippen LogP contribution < -0.4 is 5.32 Å². The summed E-state index contributed by atoms with van der Waals surface area (Å²) in [6.07, 6.45) is 4.54. The highest BCUT2D eigenvalue weighted by Crippen LogP contribution is 2.19. The Labute approximate surface area is 154 Å². The number of likely N-dealkylation sites (tertiary alicyclic amines) is 1. The molecular weight excluding hydrogens is 326 g/mol. The number of pyridine rings is 1. The molecule has 2 amide bonds. The van der Waals surface area contributed by atoms with E-state index >= 15 is 0 Å². The number of amides is 2. The molecule has 26 heavy (non-hydrogen) atoms. The van der Waals surface area contributed by atoms with Gasteiger partial charge in [0.2, 0.25) is 0 Å². The molecule has 0 bridgehead atoms. The van der Waals surface area contributed by atoms with Gasteiger partial charge >= 0.3 is 0 Å². The molecule has 0 spiro atoms. The lowest BCUT2D eigenvalue weighted by Gasteiger charge is -2.31. The quantitative estimate of drug-likeness (QED) is 0.912. The summed E-state index contributed by atoms with van der Waals surface area (Å²) in [5.74, 6) is 0.192. The molecular formula is C21H25N3O2. The van der Waals surface area contributed by atoms with Gasteiger partial charge in [0.1, 0.15) is 5.69 Å². The number of aryl methyl sites for hydroxylation is 1. The standard InChI is InChI=1S/C21H25N3O2/c1-3-16-8-4-5-9-18(16)23-20(25)19-13-17(10-11-22-19)21(26)24-12-6-7-15(2)14-24/h4-5,8-11,13,15H,3,6-7,12,14H2,1-2H3,(H,23,25). The summed E-state index contributed by atoms with van der Waals surface area (Å²) >= 11 is 0. The highest BCUT2D eigenvalue weighted by atomic mass is 16.2. The Hall–Kier alpha value is -2.69. The molecule has 0 radical (unpaired) electrons. The van der Waals surface area contributed by atoms with E-state index in [4.69, 9.17) is 0 Å². The van der Waals surface area contributed by atoms with E-state index in [0.29, 0.717) is 11.5 Å². The molecule has 1 aliphatic heterocycles. The number of carbonyl (C=O) groups excluding carboxylic acids is 2. The van der Waals surface area contributed by atoms with Gasteiger partial charge in [0, 0.05) is 30.5 Å². The van der Waals surface area contributed by atoms with Crippen LogP contribution in [-0.4, -0.2) is 34.8 Å². The molecule has 0 aliphatic carbocycles. The highest BCUT2D eigenvalue weighted by molar-refractivity contribution is 6.05. The molecule has 1 aromatic heterocycles. The average Bonchev–Trinajstić information content (AvgIpc) is 2.68. The van der Waals surface area contributed by atoms with Crippen LogP contribution in [0.5, 0.6) is 0 Å². The van der Waals surface area contributed by atoms with Crippen LogP contribution in [0.1, 0.15) is 53.1 Å². The Kier molecular flexibility index (Phi) is 5.66. The van der Waals surface area contributed by atoms with Gasteiger partial charge in [-0.1, -0.05) is 32.0 Å². The molecule has 0 saturated carbocycles. The van der Waals surface area contributed by atoms with Crippen LogP contribution in [0.25, 0.3) is 0 Å². The third kappa shape index (κ3) is 4.10. The molecule has 136 valence electrons. The summed E-state index contributed by atoms with van der Waals surface area (Å²) in [5, 5.41) is 2.90. The monoisotopic (exact) mass is 351 g/mol. The minimum absolute atomic E-state index is 0.0260. The lowest BCUT2D eigenvalue weighted by molar-refractivity contribution is 0.0683. The van der Waals surface area contributed by atoms with Crippen molar-refractivity contribution >= 4 is 17.5 Å². The van der Waals surface area contributed by atoms with Gasteiger partial charge in [-0.25, -0.2) is 0 Å². The third-order valence-corrected chi connectivity index (χ3v) is 4.83. The number of hydrogen-bond acceptors (Lipinski definition) is 3. The Morgan fingerprint density at radius 3 is 2.85 bits per heavy atom. The topological polar surface area (TPSA) is 62.3 Å². The van der Waals surface area contributed by atoms with E-state index in [1.807, 2.05) is 36.1 Å². The van der Waals surface area contributed by atoms with E-state index in [9.17, 15) is 9.59 Å². The normalized spacial score (nSPS) is 17.0. The van der Waals surface area contributed by atoms with Gasteiger partial charge in [0.25, 0.3) is 11.8 Å². The zero-order chi connectivity index (χ0) is 18.5. The number of piperidine rings is 1. The number of anilines is 1. The summed E-state index contributed by atoms with van der Waals surface area (Å²) in [4.78, 5) is 31.4. The van der Waals surface area contributed by atoms with Crippen LogP contribution in [0.15, 0.2) is 42.6 Å². The Morgan fingerprint density at radius 2 is 2.08 bits per heavy atom. The number of carbonyl (C=O) groups is 2. The van der Waals surface area contributed by atoms with E-state index in [1.165, 1.54) is 6.20 Å². The lowest BCUT2D eigenvalue weighted by Crippen LogP contribution is -2.39. The zero-order valence-electron chi connectivity index (χ0n) is 15.4. The van der Waals surface area contributed by atoms with Crippen molar-refractivity contribution in [2.45, 2.75) is 33.1 Å². The van der Waals surface area contributed by atoms with Crippen molar-refractivity contribution in [1.82, 2.24) is 9.88 Å². The Balaban J connectivity index is 1.76. The molecule has 1 N–H and O–H groups in total. The summed E-state index contributed by atoms with van der Waals surface area (Å²) in [6.45, 7) is 5.75. The van der Waals surface area contributed by atoms with Gasteiger partial charge in [-0.05, 0) is 48.9 Å². The van der Waals surface area contributed by atoms with Crippen molar-refractivity contribution in [3.8, 4) is 0 Å². The van der Waals surface area contributed by atoms with Gasteiger partial charge in [-0.3, -0.25) is 14.6 Å². The molecule has 2 aromatic rings. The van der Waals surface area contributed by atoms with Gasteiger partial charge in [0.05, 0.1) is 0 Å². The largest absolute Gasteiger partial charge is 0.338 e. The summed E-state index contributed by atoms with van der Waals surface area (Å²) in [7, 11) is 0. The van der Waals surface area contributed by atoms with Gasteiger partial charge in [0.15, 0.2) is 0 Å². The van der Waals surface area contributed by atoms with Gasteiger partial charge < -0.3 is 10.2 Å². The van der Waals surface area contributed by atoms with E-state index < -0.39 is 0 Å². The second-order valence-corrected chi connectivity index (χ2v) is 6.89. The molecule has 1 unspecified atom stereocenters. The van der Waals surface area contributed by atoms with Crippen LogP contribution in [0.4, 0.5) is 5.69 Å². The summed E-state index contributed by atoms with van der Waals surface area (Å²) in [6, 6.07) is 11.0. The van der Waals surface area contributed by atoms with Crippen LogP contribution >= 0.6 is 0 Å². The number of aromatic nitrogens is 1. The minimum atomic E-state index is -0.299.